The number of nitrogens with zero attached hydrogens (tertiary/aromatic N) is 1. The SMILES string of the molecule is CC1=Cc2c(-c3cnc4ccccc4c3)cccc2[CH]1[Zr]([CH3])(=[SiH2])([c]1ccccc1)[CH]1C=Cc2ccccc21.Cl.Cl. The van der Waals surface area contributed by atoms with Gasteiger partial charge in [-0.05, 0) is 0 Å². The van der Waals surface area contributed by atoms with E-state index < -0.39 is 17.4 Å². The Morgan fingerprint density at radius 1 is 0.775 bits per heavy atom. The first-order chi connectivity index (χ1) is 18.4. The largest absolute Gasteiger partial charge is 0.147 e. The normalized spacial score (nSPS) is 17.4. The molecule has 0 N–H and O–H groups in total. The standard InChI is InChI=1S/C19H14N.C9H7.C6H5.CH3.2ClH.H2Si.Zr/c1-13-9-14-6-4-7-17(18(14)10-13)16-11-15-5-2-3-8-19(15)20-12-16;1-2-5-9-7-3-6-8(9)4-1;1-2-4-6-5-3-1;;;;;/h2-12H,1H3;1-7H;1-5H;1H3;2*1H;1H2;. The molecule has 1 nitrogen and oxygen atoms in total. The number of halogens is 2. The second kappa shape index (κ2) is 10.7. The summed E-state index contributed by atoms with van der Waals surface area (Å²) in [5.41, 5.74) is 10.8. The van der Waals surface area contributed by atoms with Crippen LogP contribution in [0.1, 0.15) is 36.4 Å². The van der Waals surface area contributed by atoms with Crippen molar-refractivity contribution in [2.75, 3.05) is 0 Å². The molecule has 200 valence electrons. The van der Waals surface area contributed by atoms with Crippen LogP contribution in [-0.4, -0.2) is 11.9 Å². The molecule has 2 aliphatic carbocycles. The maximum atomic E-state index is 4.80. The van der Waals surface area contributed by atoms with Crippen LogP contribution >= 0.6 is 24.8 Å². The molecule has 0 bridgehead atoms. The van der Waals surface area contributed by atoms with Gasteiger partial charge in [0.05, 0.1) is 0 Å². The first kappa shape index (κ1) is 29.0. The quantitative estimate of drug-likeness (QED) is 0.177. The van der Waals surface area contributed by atoms with E-state index in [0.717, 1.165) is 5.52 Å². The maximum absolute atomic E-state index is 4.80. The zero-order valence-corrected chi connectivity index (χ0v) is 28.3. The van der Waals surface area contributed by atoms with Crippen molar-refractivity contribution in [2.45, 2.75) is 18.8 Å². The number of rotatable bonds is 4. The molecule has 2 aliphatic rings. The van der Waals surface area contributed by atoms with E-state index in [0.29, 0.717) is 7.25 Å². The van der Waals surface area contributed by atoms with Crippen LogP contribution in [0.2, 0.25) is 4.63 Å². The van der Waals surface area contributed by atoms with Crippen molar-refractivity contribution in [2.24, 2.45) is 0 Å². The molecule has 1 aromatic heterocycles. The third kappa shape index (κ3) is 4.25. The summed E-state index contributed by atoms with van der Waals surface area (Å²) < 4.78 is 5.19. The fraction of sp³-hybridized carbons (Fsp3) is 0.114. The van der Waals surface area contributed by atoms with Gasteiger partial charge in [0.2, 0.25) is 0 Å². The molecule has 0 saturated carbocycles. The number of benzene rings is 4. The summed E-state index contributed by atoms with van der Waals surface area (Å²) in [6.45, 7) is 4.78. The third-order valence-corrected chi connectivity index (χ3v) is 32.9. The summed E-state index contributed by atoms with van der Waals surface area (Å²) in [7, 11) is 0. The van der Waals surface area contributed by atoms with E-state index in [4.69, 9.17) is 4.98 Å². The number of fused-ring (bicyclic) bond motifs is 3. The fourth-order valence-corrected chi connectivity index (χ4v) is 30.0. The van der Waals surface area contributed by atoms with Gasteiger partial charge in [-0.3, -0.25) is 0 Å². The monoisotopic (exact) mass is 655 g/mol. The average Bonchev–Trinajstić information content (AvgIpc) is 3.55. The van der Waals surface area contributed by atoms with E-state index in [1.807, 2.05) is 6.20 Å². The van der Waals surface area contributed by atoms with Gasteiger partial charge in [0.1, 0.15) is 0 Å². The molecule has 4 aromatic carbocycles. The summed E-state index contributed by atoms with van der Waals surface area (Å²) in [4.78, 5) is 4.80. The second-order valence-electron chi connectivity index (χ2n) is 11.6. The van der Waals surface area contributed by atoms with Crippen molar-refractivity contribution >= 4 is 58.0 Å². The zero-order chi connectivity index (χ0) is 25.9. The Hall–Kier alpha value is -2.55. The van der Waals surface area contributed by atoms with Gasteiger partial charge >= 0.3 is 229 Å². The van der Waals surface area contributed by atoms with Crippen molar-refractivity contribution < 1.29 is 17.4 Å². The Kier molecular flexibility index (Phi) is 7.74. The van der Waals surface area contributed by atoms with E-state index in [2.05, 4.69) is 140 Å². The summed E-state index contributed by atoms with van der Waals surface area (Å²) >= 11 is -3.89. The Morgan fingerprint density at radius 2 is 1.48 bits per heavy atom. The molecule has 1 heterocycles. The van der Waals surface area contributed by atoms with Gasteiger partial charge in [0, 0.05) is 0 Å². The first-order valence-electron chi connectivity index (χ1n) is 13.5. The maximum Gasteiger partial charge on any atom is -0.147 e. The van der Waals surface area contributed by atoms with Gasteiger partial charge < -0.3 is 0 Å². The topological polar surface area (TPSA) is 12.9 Å². The average molecular weight is 658 g/mol. The van der Waals surface area contributed by atoms with Gasteiger partial charge in [0.25, 0.3) is 0 Å². The molecule has 0 amide bonds. The fourth-order valence-electron chi connectivity index (χ4n) is 7.48. The number of hydrogen-bond donors (Lipinski definition) is 0. The van der Waals surface area contributed by atoms with E-state index in [-0.39, 0.29) is 24.8 Å². The Labute approximate surface area is 251 Å². The molecular formula is C35H33Cl2NSiZr. The second-order valence-corrected chi connectivity index (χ2v) is 38.0. The minimum absolute atomic E-state index is 0. The van der Waals surface area contributed by atoms with Crippen LogP contribution < -0.4 is 3.27 Å². The van der Waals surface area contributed by atoms with Crippen LogP contribution in [0.25, 0.3) is 34.2 Å². The van der Waals surface area contributed by atoms with Gasteiger partial charge in [-0.15, -0.1) is 24.8 Å². The van der Waals surface area contributed by atoms with E-state index >= 15 is 0 Å². The molecule has 2 unspecified atom stereocenters. The number of para-hydroxylation sites is 1. The number of hydrogen-bond acceptors (Lipinski definition) is 1. The van der Waals surface area contributed by atoms with Gasteiger partial charge in [-0.1, -0.05) is 0 Å². The zero-order valence-electron chi connectivity index (χ0n) is 22.7. The van der Waals surface area contributed by atoms with Crippen LogP contribution in [0.5, 0.6) is 0 Å². The predicted octanol–water partition coefficient (Wildman–Crippen LogP) is 8.58. The molecule has 7 rings (SSSR count). The molecular weight excluding hydrogens is 625 g/mol. The molecule has 0 radical (unpaired) electrons. The Balaban J connectivity index is 0.00000161. The third-order valence-electron chi connectivity index (χ3n) is 9.25. The summed E-state index contributed by atoms with van der Waals surface area (Å²) in [5, 5.41) is 1.19. The van der Waals surface area contributed by atoms with Gasteiger partial charge in [0.15, 0.2) is 0 Å². The van der Waals surface area contributed by atoms with E-state index in [9.17, 15) is 0 Å². The molecule has 0 saturated heterocycles. The Morgan fingerprint density at radius 3 is 2.30 bits per heavy atom. The Bertz CT molecular complexity index is 1880. The molecule has 2 atom stereocenters. The smallest absolute Gasteiger partial charge is 0.147 e. The minimum Gasteiger partial charge on any atom is -0.147 e. The van der Waals surface area contributed by atoms with Crippen LogP contribution in [-0.2, 0) is 17.4 Å². The molecule has 0 aliphatic heterocycles. The van der Waals surface area contributed by atoms with Crippen LogP contribution in [0, 0.1) is 0 Å². The van der Waals surface area contributed by atoms with Crippen LogP contribution in [0.3, 0.4) is 0 Å². The van der Waals surface area contributed by atoms with Crippen molar-refractivity contribution in [3.63, 3.8) is 0 Å². The first-order valence-corrected chi connectivity index (χ1v) is 25.9. The summed E-state index contributed by atoms with van der Waals surface area (Å²) in [6, 6.07) is 38.2. The molecule has 5 aromatic rings. The van der Waals surface area contributed by atoms with Crippen LogP contribution in [0.4, 0.5) is 0 Å². The minimum atomic E-state index is -3.89. The number of aromatic nitrogens is 1. The molecule has 0 spiro atoms. The van der Waals surface area contributed by atoms with Crippen LogP contribution in [0.15, 0.2) is 121 Å². The van der Waals surface area contributed by atoms with Gasteiger partial charge in [-0.2, -0.15) is 0 Å². The van der Waals surface area contributed by atoms with Crippen molar-refractivity contribution in [1.82, 2.24) is 4.98 Å². The molecule has 40 heavy (non-hydrogen) atoms. The van der Waals surface area contributed by atoms with E-state index in [1.165, 1.54) is 44.3 Å². The van der Waals surface area contributed by atoms with E-state index in [1.54, 1.807) is 3.27 Å². The predicted molar refractivity (Wildman–Crippen MR) is 177 cm³/mol. The van der Waals surface area contributed by atoms with Gasteiger partial charge in [-0.25, -0.2) is 0 Å². The summed E-state index contributed by atoms with van der Waals surface area (Å²) in [6.07, 6.45) is 9.45. The van der Waals surface area contributed by atoms with Crippen molar-refractivity contribution in [1.29, 1.82) is 0 Å². The summed E-state index contributed by atoms with van der Waals surface area (Å²) in [5.74, 6) is 0. The van der Waals surface area contributed by atoms with Crippen molar-refractivity contribution in [3.05, 3.63) is 143 Å². The number of pyridine rings is 1. The number of allylic oxidation sites excluding steroid dienone is 2. The molecule has 5 heteroatoms. The molecule has 0 fully saturated rings. The van der Waals surface area contributed by atoms with Crippen molar-refractivity contribution in [3.8, 4) is 11.1 Å².